The predicted octanol–water partition coefficient (Wildman–Crippen LogP) is 0.620. The fourth-order valence-electron chi connectivity index (χ4n) is 6.85. The van der Waals surface area contributed by atoms with Gasteiger partial charge in [0.1, 0.15) is 6.61 Å². The molecule has 6 nitrogen and oxygen atoms in total. The van der Waals surface area contributed by atoms with E-state index in [4.69, 9.17) is 0 Å². The second-order valence-corrected chi connectivity index (χ2v) is 9.36. The Morgan fingerprint density at radius 1 is 1.25 bits per heavy atom. The summed E-state index contributed by atoms with van der Waals surface area (Å²) in [4.78, 5) is 24.2. The predicted molar refractivity (Wildman–Crippen MR) is 96.8 cm³/mol. The van der Waals surface area contributed by atoms with Gasteiger partial charge in [-0.3, -0.25) is 9.59 Å². The number of fused-ring (bicyclic) bond motifs is 5. The van der Waals surface area contributed by atoms with E-state index < -0.39 is 58.5 Å². The van der Waals surface area contributed by atoms with Gasteiger partial charge in [-0.25, -0.2) is 4.39 Å². The second kappa shape index (κ2) is 5.81. The molecule has 0 aliphatic heterocycles. The zero-order chi connectivity index (χ0) is 20.7. The number of allylic oxidation sites excluding steroid dienone is 4. The number of carbonyl (C=O) groups is 2. The van der Waals surface area contributed by atoms with Crippen molar-refractivity contribution in [2.75, 3.05) is 6.61 Å². The highest BCUT2D eigenvalue weighted by molar-refractivity contribution is 6.01. The molecule has 0 amide bonds. The number of carbonyl (C=O) groups excluding carboxylic acids is 2. The van der Waals surface area contributed by atoms with Gasteiger partial charge in [-0.1, -0.05) is 18.6 Å². The first-order valence-corrected chi connectivity index (χ1v) is 9.82. The van der Waals surface area contributed by atoms with E-state index in [1.807, 2.05) is 0 Å². The van der Waals surface area contributed by atoms with Gasteiger partial charge < -0.3 is 20.4 Å². The molecule has 0 aromatic carbocycles. The minimum absolute atomic E-state index is 0.0135. The Hall–Kier alpha value is -1.41. The molecule has 7 heteroatoms. The van der Waals surface area contributed by atoms with Crippen LogP contribution in [0.5, 0.6) is 0 Å². The zero-order valence-corrected chi connectivity index (χ0v) is 16.1. The lowest BCUT2D eigenvalue weighted by atomic mass is 9.44. The minimum atomic E-state index is -2.23. The van der Waals surface area contributed by atoms with Gasteiger partial charge in [-0.15, -0.1) is 0 Å². The second-order valence-electron chi connectivity index (χ2n) is 9.36. The first-order chi connectivity index (χ1) is 13.0. The number of aliphatic hydroxyl groups excluding tert-OH is 3. The lowest BCUT2D eigenvalue weighted by Crippen LogP contribution is -2.69. The average Bonchev–Trinajstić information content (AvgIpc) is 2.84. The van der Waals surface area contributed by atoms with Gasteiger partial charge in [0.2, 0.25) is 0 Å². The number of aliphatic hydroxyl groups is 4. The fourth-order valence-corrected chi connectivity index (χ4v) is 6.85. The van der Waals surface area contributed by atoms with Crippen molar-refractivity contribution in [2.24, 2.45) is 22.7 Å². The molecule has 154 valence electrons. The van der Waals surface area contributed by atoms with Crippen LogP contribution in [0.1, 0.15) is 39.5 Å². The van der Waals surface area contributed by atoms with E-state index in [0.29, 0.717) is 18.4 Å². The Kier molecular flexibility index (Phi) is 4.13. The van der Waals surface area contributed by atoms with Crippen LogP contribution in [0.25, 0.3) is 0 Å². The standard InChI is InChI=1S/C21H27FO6/c1-18-6-5-12(24)7-11(18)3-4-13-14-8-15(25)21(28,17(27)10-23)19(14,2)9-16(26)20(13,18)22/h5-7,13-16,23,25-26,28H,3-4,8-10H2,1-2H3/t13-,14+,15+,16-,18+,19-,20-,21+/m1/s1. The zero-order valence-electron chi connectivity index (χ0n) is 16.1. The third-order valence-electron chi connectivity index (χ3n) is 8.43. The lowest BCUT2D eigenvalue weighted by molar-refractivity contribution is -0.222. The van der Waals surface area contributed by atoms with Crippen molar-refractivity contribution >= 4 is 11.6 Å². The number of hydrogen-bond donors (Lipinski definition) is 4. The molecule has 3 fully saturated rings. The Labute approximate surface area is 162 Å². The third kappa shape index (κ3) is 2.01. The number of halogens is 1. The molecule has 4 N–H and O–H groups in total. The van der Waals surface area contributed by atoms with Crippen molar-refractivity contribution in [3.05, 3.63) is 23.8 Å². The molecule has 0 radical (unpaired) electrons. The van der Waals surface area contributed by atoms with Gasteiger partial charge >= 0.3 is 0 Å². The molecule has 0 aromatic heterocycles. The van der Waals surface area contributed by atoms with Crippen LogP contribution in [-0.2, 0) is 9.59 Å². The summed E-state index contributed by atoms with van der Waals surface area (Å²) in [6, 6.07) is 0. The molecule has 0 spiro atoms. The fraction of sp³-hybridized carbons (Fsp3) is 0.714. The quantitative estimate of drug-likeness (QED) is 0.546. The first-order valence-electron chi connectivity index (χ1n) is 9.82. The van der Waals surface area contributed by atoms with Crippen LogP contribution in [0.4, 0.5) is 4.39 Å². The molecule has 28 heavy (non-hydrogen) atoms. The van der Waals surface area contributed by atoms with Crippen LogP contribution >= 0.6 is 0 Å². The van der Waals surface area contributed by atoms with Crippen molar-refractivity contribution in [1.82, 2.24) is 0 Å². The summed E-state index contributed by atoms with van der Waals surface area (Å²) in [5.41, 5.74) is -6.12. The largest absolute Gasteiger partial charge is 0.390 e. The van der Waals surface area contributed by atoms with Crippen molar-refractivity contribution in [1.29, 1.82) is 0 Å². The summed E-state index contributed by atoms with van der Waals surface area (Å²) in [5.74, 6) is -2.38. The van der Waals surface area contributed by atoms with Crippen molar-refractivity contribution < 1.29 is 34.4 Å². The SMILES string of the molecule is C[C@]12C=CC(=O)C=C1CC[C@@H]1[C@@H]3C[C@H](O)[C@](O)(C(=O)CO)[C@]3(C)C[C@@H](O)[C@]12F. The highest BCUT2D eigenvalue weighted by Crippen LogP contribution is 2.69. The van der Waals surface area contributed by atoms with Crippen molar-refractivity contribution in [3.8, 4) is 0 Å². The molecule has 0 saturated heterocycles. The van der Waals surface area contributed by atoms with E-state index in [-0.39, 0.29) is 18.6 Å². The number of alkyl halides is 1. The summed E-state index contributed by atoms with van der Waals surface area (Å²) >= 11 is 0. The molecule has 4 aliphatic carbocycles. The van der Waals surface area contributed by atoms with Crippen LogP contribution in [0.3, 0.4) is 0 Å². The van der Waals surface area contributed by atoms with Crippen LogP contribution in [0.2, 0.25) is 0 Å². The number of Topliss-reactive ketones (excluding diaryl/α,β-unsaturated/α-hetero) is 1. The number of hydrogen-bond acceptors (Lipinski definition) is 6. The topological polar surface area (TPSA) is 115 Å². The van der Waals surface area contributed by atoms with Gasteiger partial charge in [-0.05, 0) is 50.7 Å². The summed E-state index contributed by atoms with van der Waals surface area (Å²) in [7, 11) is 0. The van der Waals surface area contributed by atoms with E-state index in [9.17, 15) is 30.0 Å². The Morgan fingerprint density at radius 2 is 1.93 bits per heavy atom. The molecule has 0 bridgehead atoms. The van der Waals surface area contributed by atoms with Gasteiger partial charge in [-0.2, -0.15) is 0 Å². The highest BCUT2D eigenvalue weighted by atomic mass is 19.1. The molecular weight excluding hydrogens is 367 g/mol. The van der Waals surface area contributed by atoms with Crippen LogP contribution in [0, 0.1) is 22.7 Å². The molecular formula is C21H27FO6. The van der Waals surface area contributed by atoms with Crippen molar-refractivity contribution in [2.45, 2.75) is 63.0 Å². The van der Waals surface area contributed by atoms with E-state index in [2.05, 4.69) is 0 Å². The third-order valence-corrected chi connectivity index (χ3v) is 8.43. The lowest BCUT2D eigenvalue weighted by Gasteiger charge is -2.62. The van der Waals surface area contributed by atoms with Gasteiger partial charge in [0.05, 0.1) is 12.2 Å². The van der Waals surface area contributed by atoms with Gasteiger partial charge in [0, 0.05) is 16.7 Å². The normalized spacial score (nSPS) is 52.5. The highest BCUT2D eigenvalue weighted by Gasteiger charge is 2.76. The van der Waals surface area contributed by atoms with Crippen LogP contribution < -0.4 is 0 Å². The molecule has 8 atom stereocenters. The molecule has 3 saturated carbocycles. The molecule has 4 rings (SSSR count). The Balaban J connectivity index is 1.84. The Bertz CT molecular complexity index is 807. The van der Waals surface area contributed by atoms with E-state index in [1.165, 1.54) is 18.2 Å². The number of ketones is 2. The minimum Gasteiger partial charge on any atom is -0.390 e. The number of rotatable bonds is 2. The molecule has 0 unspecified atom stereocenters. The summed E-state index contributed by atoms with van der Waals surface area (Å²) in [6.07, 6.45) is 1.93. The van der Waals surface area contributed by atoms with Crippen LogP contribution in [0.15, 0.2) is 23.8 Å². The summed E-state index contributed by atoms with van der Waals surface area (Å²) in [6.45, 7) is 2.33. The maximum Gasteiger partial charge on any atom is 0.192 e. The van der Waals surface area contributed by atoms with E-state index >= 15 is 4.39 Å². The van der Waals surface area contributed by atoms with E-state index in [1.54, 1.807) is 13.8 Å². The summed E-state index contributed by atoms with van der Waals surface area (Å²) in [5, 5.41) is 42.1. The molecule has 4 aliphatic rings. The smallest absolute Gasteiger partial charge is 0.192 e. The average molecular weight is 394 g/mol. The van der Waals surface area contributed by atoms with E-state index in [0.717, 1.165) is 0 Å². The van der Waals surface area contributed by atoms with Gasteiger partial charge in [0.15, 0.2) is 22.8 Å². The van der Waals surface area contributed by atoms with Crippen molar-refractivity contribution in [3.63, 3.8) is 0 Å². The molecule has 0 heterocycles. The first kappa shape index (κ1) is 19.9. The maximum atomic E-state index is 16.8. The molecule has 0 aromatic rings. The Morgan fingerprint density at radius 3 is 2.57 bits per heavy atom. The van der Waals surface area contributed by atoms with Crippen LogP contribution in [-0.4, -0.2) is 62.1 Å². The van der Waals surface area contributed by atoms with Gasteiger partial charge in [0.25, 0.3) is 0 Å². The monoisotopic (exact) mass is 394 g/mol. The summed E-state index contributed by atoms with van der Waals surface area (Å²) < 4.78 is 16.8. The maximum absolute atomic E-state index is 16.8.